The van der Waals surface area contributed by atoms with Gasteiger partial charge in [-0.15, -0.1) is 0 Å². The largest absolute Gasteiger partial charge is 0.494 e. The van der Waals surface area contributed by atoms with Crippen molar-refractivity contribution in [2.75, 3.05) is 45.7 Å². The second-order valence-corrected chi connectivity index (χ2v) is 5.86. The molecule has 0 atom stereocenters. The van der Waals surface area contributed by atoms with E-state index in [0.29, 0.717) is 18.2 Å². The summed E-state index contributed by atoms with van der Waals surface area (Å²) >= 11 is 0. The molecule has 0 amide bonds. The van der Waals surface area contributed by atoms with Gasteiger partial charge in [0.25, 0.3) is 5.69 Å². The molecule has 0 N–H and O–H groups in total. The van der Waals surface area contributed by atoms with Gasteiger partial charge in [0.05, 0.1) is 18.1 Å². The third kappa shape index (κ3) is 3.65. The number of benzene rings is 1. The Morgan fingerprint density at radius 3 is 2.64 bits per heavy atom. The van der Waals surface area contributed by atoms with Crippen molar-refractivity contribution in [1.82, 2.24) is 4.90 Å². The maximum Gasteiger partial charge on any atom is 0.295 e. The lowest BCUT2D eigenvalue weighted by atomic mass is 9.96. The Balaban J connectivity index is 2.20. The summed E-state index contributed by atoms with van der Waals surface area (Å²) in [6.07, 6.45) is 2.12. The van der Waals surface area contributed by atoms with E-state index in [1.807, 2.05) is 4.90 Å². The van der Waals surface area contributed by atoms with E-state index in [2.05, 4.69) is 11.9 Å². The van der Waals surface area contributed by atoms with Crippen LogP contribution in [0.15, 0.2) is 12.1 Å². The zero-order chi connectivity index (χ0) is 16.3. The first-order valence-electron chi connectivity index (χ1n) is 7.34. The number of ether oxygens (including phenoxy) is 1. The Kier molecular flexibility index (Phi) is 5.18. The smallest absolute Gasteiger partial charge is 0.295 e. The number of rotatable bonds is 5. The summed E-state index contributed by atoms with van der Waals surface area (Å²) in [5, 5.41) is 11.2. The third-order valence-corrected chi connectivity index (χ3v) is 4.23. The van der Waals surface area contributed by atoms with E-state index in [1.165, 1.54) is 13.2 Å². The Morgan fingerprint density at radius 1 is 1.45 bits per heavy atom. The molecule has 0 saturated carbocycles. The summed E-state index contributed by atoms with van der Waals surface area (Å²) in [7, 11) is 5.25. The predicted molar refractivity (Wildman–Crippen MR) is 83.1 cm³/mol. The number of methoxy groups -OCH3 is 1. The molecule has 1 aliphatic rings. The number of nitro benzene ring substituents is 1. The van der Waals surface area contributed by atoms with Crippen molar-refractivity contribution in [3.05, 3.63) is 28.1 Å². The molecule has 1 saturated heterocycles. The summed E-state index contributed by atoms with van der Waals surface area (Å²) in [5.41, 5.74) is 0.163. The van der Waals surface area contributed by atoms with Crippen LogP contribution >= 0.6 is 0 Å². The van der Waals surface area contributed by atoms with Gasteiger partial charge in [0, 0.05) is 19.7 Å². The topological polar surface area (TPSA) is 58.8 Å². The number of likely N-dealkylation sites (tertiary alicyclic amines) is 1. The summed E-state index contributed by atoms with van der Waals surface area (Å²) in [5.74, 6) is -0.210. The van der Waals surface area contributed by atoms with Crippen LogP contribution in [-0.2, 0) is 0 Å². The van der Waals surface area contributed by atoms with Crippen molar-refractivity contribution >= 4 is 11.4 Å². The molecule has 2 rings (SSSR count). The van der Waals surface area contributed by atoms with Gasteiger partial charge in [-0.2, -0.15) is 0 Å². The van der Waals surface area contributed by atoms with Crippen molar-refractivity contribution in [1.29, 1.82) is 0 Å². The lowest BCUT2D eigenvalue weighted by molar-refractivity contribution is -0.384. The summed E-state index contributed by atoms with van der Waals surface area (Å²) in [4.78, 5) is 14.7. The Morgan fingerprint density at radius 2 is 2.09 bits per heavy atom. The quantitative estimate of drug-likeness (QED) is 0.618. The Hall–Kier alpha value is -1.89. The first-order valence-corrected chi connectivity index (χ1v) is 7.34. The van der Waals surface area contributed by atoms with E-state index in [-0.39, 0.29) is 11.4 Å². The molecule has 1 aliphatic heterocycles. The molecule has 22 heavy (non-hydrogen) atoms. The molecule has 0 unspecified atom stereocenters. The molecule has 0 spiro atoms. The zero-order valence-electron chi connectivity index (χ0n) is 13.2. The van der Waals surface area contributed by atoms with Crippen molar-refractivity contribution in [3.63, 3.8) is 0 Å². The molecule has 0 aliphatic carbocycles. The molecular weight excluding hydrogens is 289 g/mol. The molecule has 1 aromatic rings. The van der Waals surface area contributed by atoms with Crippen LogP contribution in [0.5, 0.6) is 5.75 Å². The highest BCUT2D eigenvalue weighted by Crippen LogP contribution is 2.34. The number of piperidine rings is 1. The number of hydrogen-bond acceptors (Lipinski definition) is 5. The minimum atomic E-state index is -0.717. The summed E-state index contributed by atoms with van der Waals surface area (Å²) < 4.78 is 18.6. The molecule has 122 valence electrons. The molecular formula is C15H22FN3O3. The molecule has 0 radical (unpaired) electrons. The van der Waals surface area contributed by atoms with Gasteiger partial charge in [-0.25, -0.2) is 4.39 Å². The fourth-order valence-electron chi connectivity index (χ4n) is 2.87. The van der Waals surface area contributed by atoms with Crippen LogP contribution < -0.4 is 9.64 Å². The average Bonchev–Trinajstić information content (AvgIpc) is 2.49. The van der Waals surface area contributed by atoms with Crippen LogP contribution in [0.25, 0.3) is 0 Å². The highest BCUT2D eigenvalue weighted by molar-refractivity contribution is 5.66. The minimum Gasteiger partial charge on any atom is -0.494 e. The molecule has 0 aromatic heterocycles. The van der Waals surface area contributed by atoms with Crippen LogP contribution in [0.4, 0.5) is 15.8 Å². The van der Waals surface area contributed by atoms with Crippen LogP contribution in [0.3, 0.4) is 0 Å². The maximum atomic E-state index is 13.7. The van der Waals surface area contributed by atoms with Crippen LogP contribution in [-0.4, -0.2) is 50.7 Å². The predicted octanol–water partition coefficient (Wildman–Crippen LogP) is 2.52. The maximum absolute atomic E-state index is 13.7. The van der Waals surface area contributed by atoms with Crippen LogP contribution in [0.2, 0.25) is 0 Å². The monoisotopic (exact) mass is 311 g/mol. The number of halogens is 1. The number of anilines is 1. The Labute approximate surface area is 129 Å². The van der Waals surface area contributed by atoms with Gasteiger partial charge in [-0.05, 0) is 38.9 Å². The van der Waals surface area contributed by atoms with Crippen LogP contribution in [0, 0.1) is 21.8 Å². The van der Waals surface area contributed by atoms with Crippen molar-refractivity contribution in [3.8, 4) is 5.75 Å². The molecule has 1 heterocycles. The van der Waals surface area contributed by atoms with E-state index in [9.17, 15) is 14.5 Å². The highest BCUT2D eigenvalue weighted by Gasteiger charge is 2.24. The molecule has 7 heteroatoms. The van der Waals surface area contributed by atoms with Crippen molar-refractivity contribution < 1.29 is 14.1 Å². The number of nitro groups is 1. The van der Waals surface area contributed by atoms with Gasteiger partial charge in [0.2, 0.25) is 0 Å². The summed E-state index contributed by atoms with van der Waals surface area (Å²) in [6.45, 7) is 2.78. The molecule has 1 fully saturated rings. The van der Waals surface area contributed by atoms with Gasteiger partial charge in [-0.3, -0.25) is 10.1 Å². The SMILES string of the molecule is COc1cc(N(C)CC2CCN(C)CC2)c([N+](=O)[O-])cc1F. The van der Waals surface area contributed by atoms with E-state index in [0.717, 1.165) is 32.0 Å². The standard InChI is InChI=1S/C15H22FN3O3/c1-17-6-4-11(5-7-17)10-18(2)13-9-15(22-3)12(16)8-14(13)19(20)21/h8-9,11H,4-7,10H2,1-3H3. The highest BCUT2D eigenvalue weighted by atomic mass is 19.1. The lowest BCUT2D eigenvalue weighted by Gasteiger charge is -2.32. The summed E-state index contributed by atoms with van der Waals surface area (Å²) in [6, 6.07) is 2.34. The number of nitrogens with zero attached hydrogens (tertiary/aromatic N) is 3. The van der Waals surface area contributed by atoms with Gasteiger partial charge >= 0.3 is 0 Å². The third-order valence-electron chi connectivity index (χ3n) is 4.23. The van der Waals surface area contributed by atoms with Crippen molar-refractivity contribution in [2.24, 2.45) is 5.92 Å². The molecule has 6 nitrogen and oxygen atoms in total. The number of hydrogen-bond donors (Lipinski definition) is 0. The normalized spacial score (nSPS) is 16.5. The second kappa shape index (κ2) is 6.91. The van der Waals surface area contributed by atoms with E-state index in [1.54, 1.807) is 7.05 Å². The lowest BCUT2D eigenvalue weighted by Crippen LogP contribution is -2.35. The fraction of sp³-hybridized carbons (Fsp3) is 0.600. The van der Waals surface area contributed by atoms with Crippen LogP contribution in [0.1, 0.15) is 12.8 Å². The zero-order valence-corrected chi connectivity index (χ0v) is 13.2. The molecule has 0 bridgehead atoms. The van der Waals surface area contributed by atoms with Gasteiger partial charge in [-0.1, -0.05) is 0 Å². The molecule has 1 aromatic carbocycles. The average molecular weight is 311 g/mol. The minimum absolute atomic E-state index is 0.0239. The Bertz CT molecular complexity index is 545. The van der Waals surface area contributed by atoms with Gasteiger partial charge in [0.1, 0.15) is 5.69 Å². The first kappa shape index (κ1) is 16.5. The first-order chi connectivity index (χ1) is 10.4. The van der Waals surface area contributed by atoms with Crippen molar-refractivity contribution in [2.45, 2.75) is 12.8 Å². The van der Waals surface area contributed by atoms with E-state index in [4.69, 9.17) is 4.74 Å². The second-order valence-electron chi connectivity index (χ2n) is 5.86. The van der Waals surface area contributed by atoms with Gasteiger partial charge in [0.15, 0.2) is 11.6 Å². The fourth-order valence-corrected chi connectivity index (χ4v) is 2.87. The van der Waals surface area contributed by atoms with E-state index >= 15 is 0 Å². The van der Waals surface area contributed by atoms with Gasteiger partial charge < -0.3 is 14.5 Å². The van der Waals surface area contributed by atoms with E-state index < -0.39 is 10.7 Å².